The Labute approximate surface area is 136 Å². The maximum atomic E-state index is 12.3. The van der Waals surface area contributed by atoms with Gasteiger partial charge in [-0.3, -0.25) is 4.79 Å². The predicted molar refractivity (Wildman–Crippen MR) is 84.7 cm³/mol. The number of anilines is 1. The van der Waals surface area contributed by atoms with E-state index in [1.54, 1.807) is 23.1 Å². The van der Waals surface area contributed by atoms with Gasteiger partial charge in [-0.1, -0.05) is 17.7 Å². The van der Waals surface area contributed by atoms with Gasteiger partial charge < -0.3 is 15.3 Å². The highest BCUT2D eigenvalue weighted by molar-refractivity contribution is 9.10. The Balaban J connectivity index is 2.04. The molecule has 1 saturated heterocycles. The number of amides is 2. The number of hydrogen-bond donors (Lipinski definition) is 2. The first-order chi connectivity index (χ1) is 9.90. The molecule has 1 aliphatic rings. The van der Waals surface area contributed by atoms with Crippen LogP contribution in [0.3, 0.4) is 0 Å². The van der Waals surface area contributed by atoms with Crippen LogP contribution in [0, 0.1) is 5.92 Å². The molecule has 2 amide bonds. The molecule has 5 nitrogen and oxygen atoms in total. The van der Waals surface area contributed by atoms with Gasteiger partial charge in [0.25, 0.3) is 0 Å². The molecule has 1 aliphatic heterocycles. The predicted octanol–water partition coefficient (Wildman–Crippen LogP) is 3.82. The number of piperidine rings is 1. The van der Waals surface area contributed by atoms with Crippen molar-refractivity contribution in [2.75, 3.05) is 11.9 Å². The van der Waals surface area contributed by atoms with E-state index >= 15 is 0 Å². The van der Waals surface area contributed by atoms with E-state index < -0.39 is 5.97 Å². The van der Waals surface area contributed by atoms with Crippen LogP contribution < -0.4 is 5.32 Å². The quantitative estimate of drug-likeness (QED) is 0.825. The number of benzene rings is 1. The minimum Gasteiger partial charge on any atom is -0.481 e. The van der Waals surface area contributed by atoms with E-state index in [9.17, 15) is 9.59 Å². The summed E-state index contributed by atoms with van der Waals surface area (Å²) in [5.74, 6) is -1.17. The molecule has 2 N–H and O–H groups in total. The van der Waals surface area contributed by atoms with E-state index in [0.29, 0.717) is 34.6 Å². The summed E-state index contributed by atoms with van der Waals surface area (Å²) in [4.78, 5) is 25.0. The lowest BCUT2D eigenvalue weighted by Crippen LogP contribution is -2.47. The average Bonchev–Trinajstić information content (AvgIpc) is 2.43. The lowest BCUT2D eigenvalue weighted by atomic mass is 9.92. The van der Waals surface area contributed by atoms with Gasteiger partial charge in [-0.15, -0.1) is 0 Å². The van der Waals surface area contributed by atoms with Crippen molar-refractivity contribution in [2.24, 2.45) is 5.92 Å². The number of carbonyl (C=O) groups is 2. The summed E-state index contributed by atoms with van der Waals surface area (Å²) in [6.07, 6.45) is 0.948. The summed E-state index contributed by atoms with van der Waals surface area (Å²) in [6, 6.07) is 4.88. The number of urea groups is 1. The van der Waals surface area contributed by atoms with Crippen molar-refractivity contribution in [2.45, 2.75) is 25.8 Å². The molecule has 21 heavy (non-hydrogen) atoms. The maximum absolute atomic E-state index is 12.3. The molecule has 0 saturated carbocycles. The highest BCUT2D eigenvalue weighted by Crippen LogP contribution is 2.31. The molecule has 114 valence electrons. The third-order valence-corrected chi connectivity index (χ3v) is 5.08. The largest absolute Gasteiger partial charge is 0.481 e. The first-order valence-corrected chi connectivity index (χ1v) is 7.81. The SMILES string of the molecule is CC1CC(C(=O)O)CCN1C(=O)Nc1cccc(Cl)c1Br. The summed E-state index contributed by atoms with van der Waals surface area (Å²) in [5, 5.41) is 12.4. The normalized spacial score (nSPS) is 22.0. The second-order valence-corrected chi connectivity index (χ2v) is 6.33. The highest BCUT2D eigenvalue weighted by Gasteiger charge is 2.32. The number of carbonyl (C=O) groups excluding carboxylic acids is 1. The molecule has 0 radical (unpaired) electrons. The summed E-state index contributed by atoms with van der Waals surface area (Å²) < 4.78 is 0.632. The fourth-order valence-electron chi connectivity index (χ4n) is 2.49. The number of carboxylic acid groups (broad SMARTS) is 1. The van der Waals surface area contributed by atoms with Crippen molar-refractivity contribution >= 4 is 45.2 Å². The molecule has 2 rings (SSSR count). The van der Waals surface area contributed by atoms with Gasteiger partial charge in [0.1, 0.15) is 0 Å². The number of carboxylic acids is 1. The Morgan fingerprint density at radius 3 is 2.81 bits per heavy atom. The molecule has 1 heterocycles. The van der Waals surface area contributed by atoms with Crippen LogP contribution in [0.15, 0.2) is 22.7 Å². The van der Waals surface area contributed by atoms with E-state index in [0.717, 1.165) is 0 Å². The van der Waals surface area contributed by atoms with Gasteiger partial charge in [0.2, 0.25) is 0 Å². The molecule has 2 atom stereocenters. The number of nitrogens with zero attached hydrogens (tertiary/aromatic N) is 1. The second-order valence-electron chi connectivity index (χ2n) is 5.13. The molecule has 0 aromatic heterocycles. The Morgan fingerprint density at radius 1 is 1.48 bits per heavy atom. The Bertz CT molecular complexity index is 567. The molecule has 1 aromatic rings. The monoisotopic (exact) mass is 374 g/mol. The van der Waals surface area contributed by atoms with Crippen molar-refractivity contribution < 1.29 is 14.7 Å². The molecule has 0 spiro atoms. The minimum absolute atomic E-state index is 0.113. The second kappa shape index (κ2) is 6.66. The van der Waals surface area contributed by atoms with Crippen LogP contribution >= 0.6 is 27.5 Å². The zero-order valence-electron chi connectivity index (χ0n) is 11.5. The van der Waals surface area contributed by atoms with Gasteiger partial charge in [0.05, 0.1) is 21.1 Å². The Kier molecular flexibility index (Phi) is 5.11. The molecule has 0 bridgehead atoms. The Morgan fingerprint density at radius 2 is 2.19 bits per heavy atom. The van der Waals surface area contributed by atoms with Crippen molar-refractivity contribution in [3.05, 3.63) is 27.7 Å². The minimum atomic E-state index is -0.792. The number of likely N-dealkylation sites (tertiary alicyclic amines) is 1. The highest BCUT2D eigenvalue weighted by atomic mass is 79.9. The van der Waals surface area contributed by atoms with Gasteiger partial charge in [0.15, 0.2) is 0 Å². The summed E-state index contributed by atoms with van der Waals surface area (Å²) in [5.41, 5.74) is 0.597. The number of rotatable bonds is 2. The Hall–Kier alpha value is -1.27. The average molecular weight is 376 g/mol. The number of aliphatic carboxylic acids is 1. The van der Waals surface area contributed by atoms with Gasteiger partial charge in [0, 0.05) is 12.6 Å². The lowest BCUT2D eigenvalue weighted by Gasteiger charge is -2.36. The topological polar surface area (TPSA) is 69.6 Å². The van der Waals surface area contributed by atoms with Crippen LogP contribution in [0.5, 0.6) is 0 Å². The van der Waals surface area contributed by atoms with Crippen molar-refractivity contribution in [1.82, 2.24) is 4.90 Å². The third kappa shape index (κ3) is 3.68. The number of halogens is 2. The van der Waals surface area contributed by atoms with Gasteiger partial charge in [-0.2, -0.15) is 0 Å². The fraction of sp³-hybridized carbons (Fsp3) is 0.429. The van der Waals surface area contributed by atoms with E-state index in [1.807, 2.05) is 6.92 Å². The summed E-state index contributed by atoms with van der Waals surface area (Å²) in [6.45, 7) is 2.30. The smallest absolute Gasteiger partial charge is 0.322 e. The number of hydrogen-bond acceptors (Lipinski definition) is 2. The van der Waals surface area contributed by atoms with Crippen molar-refractivity contribution in [3.63, 3.8) is 0 Å². The molecular weight excluding hydrogens is 360 g/mol. The van der Waals surface area contributed by atoms with Gasteiger partial charge >= 0.3 is 12.0 Å². The van der Waals surface area contributed by atoms with E-state index in [-0.39, 0.29) is 18.0 Å². The standard InChI is InChI=1S/C14H16BrClN2O3/c1-8-7-9(13(19)20)5-6-18(8)14(21)17-11-4-2-3-10(16)12(11)15/h2-4,8-9H,5-7H2,1H3,(H,17,21)(H,19,20). The lowest BCUT2D eigenvalue weighted by molar-refractivity contribution is -0.143. The molecule has 0 aliphatic carbocycles. The zero-order valence-corrected chi connectivity index (χ0v) is 13.8. The first-order valence-electron chi connectivity index (χ1n) is 6.64. The fourth-order valence-corrected chi connectivity index (χ4v) is 3.02. The van der Waals surface area contributed by atoms with Crippen LogP contribution in [-0.4, -0.2) is 34.6 Å². The van der Waals surface area contributed by atoms with Gasteiger partial charge in [-0.05, 0) is 47.8 Å². The van der Waals surface area contributed by atoms with E-state index in [4.69, 9.17) is 16.7 Å². The molecule has 1 aromatic carbocycles. The molecule has 1 fully saturated rings. The summed E-state index contributed by atoms with van der Waals surface area (Å²) in [7, 11) is 0. The van der Waals surface area contributed by atoms with E-state index in [2.05, 4.69) is 21.2 Å². The van der Waals surface area contributed by atoms with Crippen LogP contribution in [0.1, 0.15) is 19.8 Å². The zero-order chi connectivity index (χ0) is 15.6. The third-order valence-electron chi connectivity index (χ3n) is 3.68. The van der Waals surface area contributed by atoms with Crippen molar-refractivity contribution in [1.29, 1.82) is 0 Å². The van der Waals surface area contributed by atoms with Crippen LogP contribution in [0.2, 0.25) is 5.02 Å². The molecular formula is C14H16BrClN2O3. The maximum Gasteiger partial charge on any atom is 0.322 e. The number of nitrogens with one attached hydrogen (secondary N) is 1. The first kappa shape index (κ1) is 16.1. The van der Waals surface area contributed by atoms with Crippen LogP contribution in [0.25, 0.3) is 0 Å². The molecule has 7 heteroatoms. The van der Waals surface area contributed by atoms with E-state index in [1.165, 1.54) is 0 Å². The van der Waals surface area contributed by atoms with Crippen molar-refractivity contribution in [3.8, 4) is 0 Å². The molecule has 2 unspecified atom stereocenters. The van der Waals surface area contributed by atoms with Gasteiger partial charge in [-0.25, -0.2) is 4.79 Å². The van der Waals surface area contributed by atoms with Crippen LogP contribution in [0.4, 0.5) is 10.5 Å². The van der Waals surface area contributed by atoms with Crippen LogP contribution in [-0.2, 0) is 4.79 Å². The summed E-state index contributed by atoms with van der Waals surface area (Å²) >= 11 is 9.32.